The molecule has 1 atom stereocenters. The van der Waals surface area contributed by atoms with E-state index in [1.54, 1.807) is 0 Å². The van der Waals surface area contributed by atoms with Crippen LogP contribution in [0.25, 0.3) is 10.9 Å². The van der Waals surface area contributed by atoms with Crippen molar-refractivity contribution < 1.29 is 4.79 Å². The molecule has 1 aliphatic rings. The fraction of sp³-hybridized carbons (Fsp3) is 0.438. The molecule has 0 bridgehead atoms. The second-order valence-corrected chi connectivity index (χ2v) is 5.52. The third-order valence-corrected chi connectivity index (χ3v) is 4.16. The van der Waals surface area contributed by atoms with E-state index in [9.17, 15) is 4.79 Å². The molecule has 0 saturated carbocycles. The predicted molar refractivity (Wildman–Crippen MR) is 77.5 cm³/mol. The number of ketones is 1. The molecule has 3 nitrogen and oxygen atoms in total. The Morgan fingerprint density at radius 2 is 2.26 bits per heavy atom. The number of fused-ring (bicyclic) bond motifs is 1. The van der Waals surface area contributed by atoms with Gasteiger partial charge in [0, 0.05) is 23.3 Å². The van der Waals surface area contributed by atoms with Crippen molar-refractivity contribution >= 4 is 16.7 Å². The Bertz CT molecular complexity index is 587. The summed E-state index contributed by atoms with van der Waals surface area (Å²) in [4.78, 5) is 17.8. The predicted octanol–water partition coefficient (Wildman–Crippen LogP) is 3.23. The van der Waals surface area contributed by atoms with E-state index in [-0.39, 0.29) is 5.78 Å². The average Bonchev–Trinajstić information content (AvgIpc) is 2.88. The molecule has 0 spiro atoms. The molecule has 0 radical (unpaired) electrons. The van der Waals surface area contributed by atoms with E-state index < -0.39 is 0 Å². The van der Waals surface area contributed by atoms with Gasteiger partial charge in [0.05, 0.1) is 6.54 Å². The van der Waals surface area contributed by atoms with Crippen molar-refractivity contribution in [2.75, 3.05) is 13.1 Å². The largest absolute Gasteiger partial charge is 0.361 e. The summed E-state index contributed by atoms with van der Waals surface area (Å²) in [6, 6.07) is 8.47. The van der Waals surface area contributed by atoms with Crippen LogP contribution in [0, 0.1) is 0 Å². The Hall–Kier alpha value is -1.61. The number of piperidine rings is 1. The minimum atomic E-state index is 0.227. The van der Waals surface area contributed by atoms with Crippen LogP contribution in [0.15, 0.2) is 30.5 Å². The molecule has 19 heavy (non-hydrogen) atoms. The second-order valence-electron chi connectivity index (χ2n) is 5.52. The first kappa shape index (κ1) is 12.4. The fourth-order valence-electron chi connectivity index (χ4n) is 2.89. The van der Waals surface area contributed by atoms with Crippen molar-refractivity contribution in [2.24, 2.45) is 0 Å². The lowest BCUT2D eigenvalue weighted by atomic mass is 10.0. The summed E-state index contributed by atoms with van der Waals surface area (Å²) < 4.78 is 0. The molecule has 1 aromatic carbocycles. The Kier molecular flexibility index (Phi) is 3.38. The smallest absolute Gasteiger partial charge is 0.176 e. The first-order chi connectivity index (χ1) is 9.24. The number of hydrogen-bond donors (Lipinski definition) is 1. The number of nitrogens with one attached hydrogen (secondary N) is 1. The molecule has 0 aliphatic carbocycles. The number of likely N-dealkylation sites (tertiary alicyclic amines) is 1. The summed E-state index contributed by atoms with van der Waals surface area (Å²) in [5, 5.41) is 1.16. The van der Waals surface area contributed by atoms with E-state index in [1.807, 2.05) is 30.5 Å². The zero-order valence-electron chi connectivity index (χ0n) is 11.4. The van der Waals surface area contributed by atoms with E-state index in [0.29, 0.717) is 12.6 Å². The highest BCUT2D eigenvalue weighted by Crippen LogP contribution is 2.18. The normalized spacial score (nSPS) is 20.8. The maximum Gasteiger partial charge on any atom is 0.176 e. The number of carbonyl (C=O) groups is 1. The maximum atomic E-state index is 12.4. The number of Topliss-reactive ketones (excluding diaryl/α,β-unsaturated/α-hetero) is 1. The lowest BCUT2D eigenvalue weighted by Crippen LogP contribution is -2.40. The van der Waals surface area contributed by atoms with E-state index in [0.717, 1.165) is 23.0 Å². The summed E-state index contributed by atoms with van der Waals surface area (Å²) in [6.45, 7) is 3.83. The van der Waals surface area contributed by atoms with Crippen LogP contribution in [0.5, 0.6) is 0 Å². The number of H-pyrrole nitrogens is 1. The number of nitrogens with zero attached hydrogens (tertiary/aromatic N) is 1. The Labute approximate surface area is 113 Å². The Morgan fingerprint density at radius 3 is 3.11 bits per heavy atom. The summed E-state index contributed by atoms with van der Waals surface area (Å²) in [6.07, 6.45) is 5.63. The van der Waals surface area contributed by atoms with E-state index in [1.165, 1.54) is 19.3 Å². The lowest BCUT2D eigenvalue weighted by molar-refractivity contribution is 0.0860. The maximum absolute atomic E-state index is 12.4. The molecule has 3 rings (SSSR count). The summed E-state index contributed by atoms with van der Waals surface area (Å²) in [5.74, 6) is 0.227. The van der Waals surface area contributed by atoms with Crippen molar-refractivity contribution in [3.63, 3.8) is 0 Å². The van der Waals surface area contributed by atoms with Gasteiger partial charge in [-0.15, -0.1) is 0 Å². The first-order valence-corrected chi connectivity index (χ1v) is 7.08. The molecule has 0 amide bonds. The molecule has 1 N–H and O–H groups in total. The van der Waals surface area contributed by atoms with Gasteiger partial charge in [-0.25, -0.2) is 0 Å². The number of hydrogen-bond acceptors (Lipinski definition) is 2. The highest BCUT2D eigenvalue weighted by molar-refractivity contribution is 6.00. The van der Waals surface area contributed by atoms with Gasteiger partial charge in [0.2, 0.25) is 0 Å². The SMILES string of the molecule is C[C@@H]1CCCCN1CC(=O)c1ccc2cc[nH]c2c1. The Balaban J connectivity index is 1.75. The third-order valence-electron chi connectivity index (χ3n) is 4.16. The first-order valence-electron chi connectivity index (χ1n) is 7.08. The number of aromatic amines is 1. The zero-order valence-corrected chi connectivity index (χ0v) is 11.4. The van der Waals surface area contributed by atoms with E-state index in [2.05, 4.69) is 16.8 Å². The monoisotopic (exact) mass is 256 g/mol. The zero-order chi connectivity index (χ0) is 13.2. The van der Waals surface area contributed by atoms with Gasteiger partial charge >= 0.3 is 0 Å². The minimum Gasteiger partial charge on any atom is -0.361 e. The van der Waals surface area contributed by atoms with Crippen LogP contribution in [-0.4, -0.2) is 34.8 Å². The van der Waals surface area contributed by atoms with Crippen LogP contribution >= 0.6 is 0 Å². The van der Waals surface area contributed by atoms with Crippen LogP contribution in [0.1, 0.15) is 36.5 Å². The number of rotatable bonds is 3. The summed E-state index contributed by atoms with van der Waals surface area (Å²) in [5.41, 5.74) is 1.85. The van der Waals surface area contributed by atoms with Crippen molar-refractivity contribution in [1.29, 1.82) is 0 Å². The molecule has 0 unspecified atom stereocenters. The van der Waals surface area contributed by atoms with Gasteiger partial charge in [0.25, 0.3) is 0 Å². The van der Waals surface area contributed by atoms with Crippen LogP contribution < -0.4 is 0 Å². The Morgan fingerprint density at radius 1 is 1.37 bits per heavy atom. The van der Waals surface area contributed by atoms with Crippen LogP contribution in [-0.2, 0) is 0 Å². The van der Waals surface area contributed by atoms with Crippen LogP contribution in [0.2, 0.25) is 0 Å². The van der Waals surface area contributed by atoms with Gasteiger partial charge in [-0.1, -0.05) is 18.6 Å². The highest BCUT2D eigenvalue weighted by atomic mass is 16.1. The molecule has 3 heteroatoms. The molecule has 2 heterocycles. The third kappa shape index (κ3) is 2.56. The molecule has 1 aromatic heterocycles. The topological polar surface area (TPSA) is 36.1 Å². The standard InChI is InChI=1S/C16H20N2O/c1-12-4-2-3-9-18(12)11-16(19)14-6-5-13-7-8-17-15(13)10-14/h5-8,10,12,17H,2-4,9,11H2,1H3/t12-/m1/s1. The number of aromatic nitrogens is 1. The van der Waals surface area contributed by atoms with Gasteiger partial charge in [0.1, 0.15) is 0 Å². The van der Waals surface area contributed by atoms with Gasteiger partial charge in [0.15, 0.2) is 5.78 Å². The van der Waals surface area contributed by atoms with Crippen molar-refractivity contribution in [3.05, 3.63) is 36.0 Å². The van der Waals surface area contributed by atoms with Crippen molar-refractivity contribution in [3.8, 4) is 0 Å². The summed E-state index contributed by atoms with van der Waals surface area (Å²) >= 11 is 0. The highest BCUT2D eigenvalue weighted by Gasteiger charge is 2.21. The molecule has 1 aliphatic heterocycles. The van der Waals surface area contributed by atoms with Gasteiger partial charge < -0.3 is 4.98 Å². The lowest BCUT2D eigenvalue weighted by Gasteiger charge is -2.32. The van der Waals surface area contributed by atoms with Gasteiger partial charge in [-0.05, 0) is 43.8 Å². The van der Waals surface area contributed by atoms with E-state index in [4.69, 9.17) is 0 Å². The molecule has 1 saturated heterocycles. The molecular formula is C16H20N2O. The van der Waals surface area contributed by atoms with Crippen molar-refractivity contribution in [1.82, 2.24) is 9.88 Å². The minimum absolute atomic E-state index is 0.227. The molecule has 2 aromatic rings. The second kappa shape index (κ2) is 5.17. The molecular weight excluding hydrogens is 236 g/mol. The van der Waals surface area contributed by atoms with Crippen LogP contribution in [0.3, 0.4) is 0 Å². The van der Waals surface area contributed by atoms with Gasteiger partial charge in [-0.2, -0.15) is 0 Å². The molecule has 1 fully saturated rings. The molecule has 100 valence electrons. The summed E-state index contributed by atoms with van der Waals surface area (Å²) in [7, 11) is 0. The van der Waals surface area contributed by atoms with Crippen molar-refractivity contribution in [2.45, 2.75) is 32.2 Å². The quantitative estimate of drug-likeness (QED) is 0.856. The van der Waals surface area contributed by atoms with Gasteiger partial charge in [-0.3, -0.25) is 9.69 Å². The number of carbonyl (C=O) groups excluding carboxylic acids is 1. The van der Waals surface area contributed by atoms with E-state index >= 15 is 0 Å². The number of benzene rings is 1. The fourth-order valence-corrected chi connectivity index (χ4v) is 2.89. The van der Waals surface area contributed by atoms with Crippen LogP contribution in [0.4, 0.5) is 0 Å². The average molecular weight is 256 g/mol.